The van der Waals surface area contributed by atoms with Crippen LogP contribution in [0, 0.1) is 0 Å². The van der Waals surface area contributed by atoms with Crippen LogP contribution in [0.3, 0.4) is 0 Å². The standard InChI is InChI=1S/C15H25N3OS/c1-17(2)15(19)11-18-8-4-14(5-9-18)16-7-3-13-6-10-20-12-13/h6,10,12,14,16H,3-5,7-9,11H2,1-2H3. The summed E-state index contributed by atoms with van der Waals surface area (Å²) in [4.78, 5) is 15.6. The Morgan fingerprint density at radius 2 is 2.20 bits per heavy atom. The molecular weight excluding hydrogens is 270 g/mol. The fraction of sp³-hybridized carbons (Fsp3) is 0.667. The maximum Gasteiger partial charge on any atom is 0.236 e. The highest BCUT2D eigenvalue weighted by Gasteiger charge is 2.20. The molecular formula is C15H25N3OS. The van der Waals surface area contributed by atoms with Gasteiger partial charge in [-0.15, -0.1) is 0 Å². The first-order chi connectivity index (χ1) is 9.65. The van der Waals surface area contributed by atoms with Crippen LogP contribution in [0.25, 0.3) is 0 Å². The molecule has 1 aromatic rings. The molecule has 0 saturated carbocycles. The lowest BCUT2D eigenvalue weighted by Gasteiger charge is -2.32. The van der Waals surface area contributed by atoms with Gasteiger partial charge in [-0.3, -0.25) is 9.69 Å². The first-order valence-electron chi connectivity index (χ1n) is 7.32. The molecule has 1 aliphatic rings. The lowest BCUT2D eigenvalue weighted by atomic mass is 10.0. The molecule has 5 heteroatoms. The summed E-state index contributed by atoms with van der Waals surface area (Å²) < 4.78 is 0. The number of carbonyl (C=O) groups is 1. The molecule has 1 N–H and O–H groups in total. The van der Waals surface area contributed by atoms with E-state index in [1.807, 2.05) is 14.1 Å². The first kappa shape index (κ1) is 15.5. The van der Waals surface area contributed by atoms with Gasteiger partial charge in [0.25, 0.3) is 0 Å². The van der Waals surface area contributed by atoms with Crippen LogP contribution in [-0.2, 0) is 11.2 Å². The molecule has 1 saturated heterocycles. The van der Waals surface area contributed by atoms with E-state index in [0.717, 1.165) is 38.9 Å². The third-order valence-corrected chi connectivity index (χ3v) is 4.60. The van der Waals surface area contributed by atoms with E-state index in [0.29, 0.717) is 12.6 Å². The number of rotatable bonds is 6. The van der Waals surface area contributed by atoms with Gasteiger partial charge >= 0.3 is 0 Å². The Balaban J connectivity index is 1.60. The summed E-state index contributed by atoms with van der Waals surface area (Å²) in [6.07, 6.45) is 3.40. The van der Waals surface area contributed by atoms with Gasteiger partial charge in [-0.2, -0.15) is 11.3 Å². The predicted molar refractivity (Wildman–Crippen MR) is 84.2 cm³/mol. The number of likely N-dealkylation sites (N-methyl/N-ethyl adjacent to an activating group) is 1. The van der Waals surface area contributed by atoms with Crippen molar-refractivity contribution in [3.63, 3.8) is 0 Å². The van der Waals surface area contributed by atoms with Crippen LogP contribution in [0.2, 0.25) is 0 Å². The molecule has 0 unspecified atom stereocenters. The SMILES string of the molecule is CN(C)C(=O)CN1CCC(NCCc2ccsc2)CC1. The molecule has 0 bridgehead atoms. The smallest absolute Gasteiger partial charge is 0.236 e. The van der Waals surface area contributed by atoms with Gasteiger partial charge in [0.2, 0.25) is 5.91 Å². The van der Waals surface area contributed by atoms with Crippen molar-refractivity contribution in [2.24, 2.45) is 0 Å². The van der Waals surface area contributed by atoms with Crippen molar-refractivity contribution in [1.29, 1.82) is 0 Å². The number of nitrogens with one attached hydrogen (secondary N) is 1. The second kappa shape index (κ2) is 7.76. The third-order valence-electron chi connectivity index (χ3n) is 3.87. The summed E-state index contributed by atoms with van der Waals surface area (Å²) in [5.74, 6) is 0.203. The zero-order valence-corrected chi connectivity index (χ0v) is 13.3. The van der Waals surface area contributed by atoms with Crippen LogP contribution in [0.1, 0.15) is 18.4 Å². The van der Waals surface area contributed by atoms with E-state index in [-0.39, 0.29) is 5.91 Å². The lowest BCUT2D eigenvalue weighted by molar-refractivity contribution is -0.130. The fourth-order valence-corrected chi connectivity index (χ4v) is 3.19. The molecule has 4 nitrogen and oxygen atoms in total. The zero-order chi connectivity index (χ0) is 14.4. The number of amides is 1. The van der Waals surface area contributed by atoms with Gasteiger partial charge in [-0.25, -0.2) is 0 Å². The summed E-state index contributed by atoms with van der Waals surface area (Å²) in [5.41, 5.74) is 1.43. The first-order valence-corrected chi connectivity index (χ1v) is 8.26. The lowest BCUT2D eigenvalue weighted by Crippen LogP contribution is -2.46. The second-order valence-corrected chi connectivity index (χ2v) is 6.45. The van der Waals surface area contributed by atoms with Gasteiger partial charge in [0.15, 0.2) is 0 Å². The highest BCUT2D eigenvalue weighted by atomic mass is 32.1. The Kier molecular flexibility index (Phi) is 6.01. The largest absolute Gasteiger partial charge is 0.348 e. The Morgan fingerprint density at radius 3 is 2.80 bits per heavy atom. The molecule has 0 aromatic carbocycles. The normalized spacial score (nSPS) is 17.3. The number of thiophene rings is 1. The Bertz CT molecular complexity index is 397. The van der Waals surface area contributed by atoms with E-state index in [1.54, 1.807) is 16.2 Å². The van der Waals surface area contributed by atoms with E-state index < -0.39 is 0 Å². The second-order valence-electron chi connectivity index (χ2n) is 5.67. The highest BCUT2D eigenvalue weighted by Crippen LogP contribution is 2.11. The minimum Gasteiger partial charge on any atom is -0.348 e. The van der Waals surface area contributed by atoms with E-state index in [1.165, 1.54) is 5.56 Å². The molecule has 2 heterocycles. The van der Waals surface area contributed by atoms with Crippen LogP contribution in [0.15, 0.2) is 16.8 Å². The fourth-order valence-electron chi connectivity index (χ4n) is 2.48. The molecule has 2 rings (SSSR count). The van der Waals surface area contributed by atoms with Crippen molar-refractivity contribution < 1.29 is 4.79 Å². The average molecular weight is 295 g/mol. The topological polar surface area (TPSA) is 35.6 Å². The van der Waals surface area contributed by atoms with Crippen LogP contribution >= 0.6 is 11.3 Å². The van der Waals surface area contributed by atoms with Crippen molar-refractivity contribution in [3.8, 4) is 0 Å². The van der Waals surface area contributed by atoms with Crippen molar-refractivity contribution in [2.75, 3.05) is 40.3 Å². The van der Waals surface area contributed by atoms with Crippen LogP contribution in [0.4, 0.5) is 0 Å². The molecule has 0 spiro atoms. The zero-order valence-electron chi connectivity index (χ0n) is 12.5. The molecule has 0 aliphatic carbocycles. The van der Waals surface area contributed by atoms with Crippen LogP contribution in [-0.4, -0.2) is 62.0 Å². The summed E-state index contributed by atoms with van der Waals surface area (Å²) in [5, 5.41) is 7.99. The summed E-state index contributed by atoms with van der Waals surface area (Å²) in [6.45, 7) is 3.66. The Hall–Kier alpha value is -0.910. The summed E-state index contributed by atoms with van der Waals surface area (Å²) in [6, 6.07) is 2.81. The van der Waals surface area contributed by atoms with Crippen molar-refractivity contribution >= 4 is 17.2 Å². The van der Waals surface area contributed by atoms with Crippen LogP contribution in [0.5, 0.6) is 0 Å². The molecule has 20 heavy (non-hydrogen) atoms. The third kappa shape index (κ3) is 4.89. The Labute approximate surface area is 125 Å². The van der Waals surface area contributed by atoms with E-state index in [4.69, 9.17) is 0 Å². The summed E-state index contributed by atoms with van der Waals surface area (Å²) in [7, 11) is 3.64. The van der Waals surface area contributed by atoms with Crippen molar-refractivity contribution in [3.05, 3.63) is 22.4 Å². The van der Waals surface area contributed by atoms with E-state index >= 15 is 0 Å². The average Bonchev–Trinajstić information content (AvgIpc) is 2.94. The number of carbonyl (C=O) groups excluding carboxylic acids is 1. The number of hydrogen-bond acceptors (Lipinski definition) is 4. The molecule has 112 valence electrons. The van der Waals surface area contributed by atoms with Gasteiger partial charge in [0.1, 0.15) is 0 Å². The Morgan fingerprint density at radius 1 is 1.45 bits per heavy atom. The van der Waals surface area contributed by atoms with Crippen molar-refractivity contribution in [1.82, 2.24) is 15.1 Å². The molecule has 1 aromatic heterocycles. The molecule has 0 atom stereocenters. The quantitative estimate of drug-likeness (QED) is 0.862. The van der Waals surface area contributed by atoms with Gasteiger partial charge in [-0.1, -0.05) is 0 Å². The van der Waals surface area contributed by atoms with Gasteiger partial charge in [0.05, 0.1) is 6.54 Å². The number of piperidine rings is 1. The van der Waals surface area contributed by atoms with Crippen LogP contribution < -0.4 is 5.32 Å². The number of likely N-dealkylation sites (tertiary alicyclic amines) is 1. The highest BCUT2D eigenvalue weighted by molar-refractivity contribution is 7.07. The minimum absolute atomic E-state index is 0.203. The molecule has 1 fully saturated rings. The van der Waals surface area contributed by atoms with Gasteiger partial charge < -0.3 is 10.2 Å². The summed E-state index contributed by atoms with van der Waals surface area (Å²) >= 11 is 1.76. The maximum absolute atomic E-state index is 11.7. The van der Waals surface area contributed by atoms with Crippen molar-refractivity contribution in [2.45, 2.75) is 25.3 Å². The molecule has 1 amide bonds. The monoisotopic (exact) mass is 295 g/mol. The van der Waals surface area contributed by atoms with E-state index in [9.17, 15) is 4.79 Å². The minimum atomic E-state index is 0.203. The number of nitrogens with zero attached hydrogens (tertiary/aromatic N) is 2. The molecule has 0 radical (unpaired) electrons. The van der Waals surface area contributed by atoms with Gasteiger partial charge in [-0.05, 0) is 48.2 Å². The van der Waals surface area contributed by atoms with E-state index in [2.05, 4.69) is 27.0 Å². The molecule has 1 aliphatic heterocycles. The number of hydrogen-bond donors (Lipinski definition) is 1. The van der Waals surface area contributed by atoms with Gasteiger partial charge in [0, 0.05) is 33.2 Å². The maximum atomic E-state index is 11.7. The predicted octanol–water partition coefficient (Wildman–Crippen LogP) is 1.43.